The highest BCUT2D eigenvalue weighted by Gasteiger charge is 2.16. The fourth-order valence-corrected chi connectivity index (χ4v) is 1.63. The van der Waals surface area contributed by atoms with Crippen LogP contribution in [-0.2, 0) is 0 Å². The number of halogens is 1. The molecular formula is C13H12FN3O2. The van der Waals surface area contributed by atoms with Gasteiger partial charge in [-0.15, -0.1) is 0 Å². The van der Waals surface area contributed by atoms with E-state index in [1.165, 1.54) is 6.20 Å². The van der Waals surface area contributed by atoms with Crippen molar-refractivity contribution in [2.75, 3.05) is 5.32 Å². The van der Waals surface area contributed by atoms with Gasteiger partial charge in [-0.25, -0.2) is 14.2 Å². The minimum Gasteiger partial charge on any atom is -0.478 e. The lowest BCUT2D eigenvalue weighted by Gasteiger charge is -2.15. The Labute approximate surface area is 109 Å². The van der Waals surface area contributed by atoms with Crippen LogP contribution in [0.1, 0.15) is 28.9 Å². The van der Waals surface area contributed by atoms with Crippen molar-refractivity contribution < 1.29 is 14.3 Å². The van der Waals surface area contributed by atoms with Crippen molar-refractivity contribution >= 4 is 11.8 Å². The molecule has 19 heavy (non-hydrogen) atoms. The number of hydrogen-bond acceptors (Lipinski definition) is 4. The van der Waals surface area contributed by atoms with Crippen LogP contribution in [0.4, 0.5) is 10.2 Å². The summed E-state index contributed by atoms with van der Waals surface area (Å²) >= 11 is 0. The maximum Gasteiger partial charge on any atom is 0.338 e. The van der Waals surface area contributed by atoms with E-state index in [0.717, 1.165) is 11.6 Å². The monoisotopic (exact) mass is 261 g/mol. The molecule has 98 valence electrons. The zero-order valence-electron chi connectivity index (χ0n) is 10.2. The number of rotatable bonds is 4. The van der Waals surface area contributed by atoms with Crippen LogP contribution in [0.25, 0.3) is 0 Å². The van der Waals surface area contributed by atoms with Crippen LogP contribution >= 0.6 is 0 Å². The Balaban J connectivity index is 2.25. The lowest BCUT2D eigenvalue weighted by atomic mass is 10.1. The minimum atomic E-state index is -1.32. The lowest BCUT2D eigenvalue weighted by Crippen LogP contribution is -2.12. The summed E-state index contributed by atoms with van der Waals surface area (Å²) in [5, 5.41) is 11.7. The first kappa shape index (κ1) is 12.9. The van der Waals surface area contributed by atoms with E-state index in [0.29, 0.717) is 0 Å². The molecule has 0 bridgehead atoms. The molecule has 1 atom stereocenters. The Kier molecular flexibility index (Phi) is 3.70. The average molecular weight is 261 g/mol. The van der Waals surface area contributed by atoms with Crippen molar-refractivity contribution in [3.63, 3.8) is 0 Å². The van der Waals surface area contributed by atoms with Gasteiger partial charge in [-0.3, -0.25) is 4.98 Å². The van der Waals surface area contributed by atoms with Gasteiger partial charge < -0.3 is 10.4 Å². The van der Waals surface area contributed by atoms with E-state index >= 15 is 0 Å². The Morgan fingerprint density at radius 2 is 2.21 bits per heavy atom. The second-order valence-corrected chi connectivity index (χ2v) is 3.98. The van der Waals surface area contributed by atoms with E-state index in [4.69, 9.17) is 5.11 Å². The minimum absolute atomic E-state index is 0.0868. The summed E-state index contributed by atoms with van der Waals surface area (Å²) in [6.45, 7) is 1.81. The van der Waals surface area contributed by atoms with Gasteiger partial charge in [0.25, 0.3) is 0 Å². The first-order valence-corrected chi connectivity index (χ1v) is 5.64. The molecular weight excluding hydrogens is 249 g/mol. The van der Waals surface area contributed by atoms with E-state index in [1.54, 1.807) is 18.5 Å². The SMILES string of the molecule is CC(Nc1nccc(C(=O)O)c1F)c1cccnc1. The molecule has 2 aromatic heterocycles. The zero-order valence-corrected chi connectivity index (χ0v) is 10.2. The Morgan fingerprint density at radius 1 is 1.42 bits per heavy atom. The average Bonchev–Trinajstić information content (AvgIpc) is 2.41. The van der Waals surface area contributed by atoms with Gasteiger partial charge >= 0.3 is 5.97 Å². The molecule has 0 aliphatic heterocycles. The van der Waals surface area contributed by atoms with Crippen LogP contribution in [0.5, 0.6) is 0 Å². The Bertz CT molecular complexity index is 590. The maximum absolute atomic E-state index is 13.9. The molecule has 2 rings (SSSR count). The molecule has 0 aliphatic rings. The molecule has 0 spiro atoms. The molecule has 2 heterocycles. The fourth-order valence-electron chi connectivity index (χ4n) is 1.63. The molecule has 0 fully saturated rings. The van der Waals surface area contributed by atoms with E-state index in [9.17, 15) is 9.18 Å². The van der Waals surface area contributed by atoms with Gasteiger partial charge in [0.05, 0.1) is 6.04 Å². The molecule has 0 aliphatic carbocycles. The van der Waals surface area contributed by atoms with Crippen molar-refractivity contribution in [1.82, 2.24) is 9.97 Å². The van der Waals surface area contributed by atoms with Crippen molar-refractivity contribution in [2.24, 2.45) is 0 Å². The fraction of sp³-hybridized carbons (Fsp3) is 0.154. The molecule has 0 amide bonds. The van der Waals surface area contributed by atoms with Gasteiger partial charge in [0, 0.05) is 18.6 Å². The molecule has 6 heteroatoms. The summed E-state index contributed by atoms with van der Waals surface area (Å²) in [5.74, 6) is -2.28. The molecule has 0 radical (unpaired) electrons. The third-order valence-electron chi connectivity index (χ3n) is 2.66. The highest BCUT2D eigenvalue weighted by atomic mass is 19.1. The number of carbonyl (C=O) groups is 1. The Hall–Kier alpha value is -2.50. The second-order valence-electron chi connectivity index (χ2n) is 3.98. The topological polar surface area (TPSA) is 75.1 Å². The standard InChI is InChI=1S/C13H12FN3O2/c1-8(9-3-2-5-15-7-9)17-12-11(14)10(13(18)19)4-6-16-12/h2-8H,1H3,(H,16,17)(H,18,19). The number of aromatic carboxylic acids is 1. The third-order valence-corrected chi connectivity index (χ3v) is 2.66. The quantitative estimate of drug-likeness (QED) is 0.884. The zero-order chi connectivity index (χ0) is 13.8. The lowest BCUT2D eigenvalue weighted by molar-refractivity contribution is 0.0692. The van der Waals surface area contributed by atoms with Crippen LogP contribution in [0.2, 0.25) is 0 Å². The molecule has 1 unspecified atom stereocenters. The Morgan fingerprint density at radius 3 is 2.84 bits per heavy atom. The molecule has 0 aromatic carbocycles. The van der Waals surface area contributed by atoms with E-state index < -0.39 is 17.3 Å². The van der Waals surface area contributed by atoms with Crippen molar-refractivity contribution in [1.29, 1.82) is 0 Å². The van der Waals surface area contributed by atoms with E-state index in [-0.39, 0.29) is 11.9 Å². The largest absolute Gasteiger partial charge is 0.478 e. The first-order valence-electron chi connectivity index (χ1n) is 5.64. The number of carboxylic acids is 1. The van der Waals surface area contributed by atoms with Crippen LogP contribution < -0.4 is 5.32 Å². The summed E-state index contributed by atoms with van der Waals surface area (Å²) in [6.07, 6.45) is 4.54. The van der Waals surface area contributed by atoms with E-state index in [2.05, 4.69) is 15.3 Å². The normalized spacial score (nSPS) is 11.9. The molecule has 5 nitrogen and oxygen atoms in total. The van der Waals surface area contributed by atoms with Gasteiger partial charge in [0.2, 0.25) is 0 Å². The van der Waals surface area contributed by atoms with Gasteiger partial charge in [-0.1, -0.05) is 6.07 Å². The first-order chi connectivity index (χ1) is 9.09. The van der Waals surface area contributed by atoms with Crippen LogP contribution in [0.15, 0.2) is 36.8 Å². The van der Waals surface area contributed by atoms with Crippen molar-refractivity contribution in [3.05, 3.63) is 53.7 Å². The number of nitrogens with one attached hydrogen (secondary N) is 1. The molecule has 2 N–H and O–H groups in total. The van der Waals surface area contributed by atoms with Gasteiger partial charge in [0.15, 0.2) is 11.6 Å². The smallest absolute Gasteiger partial charge is 0.338 e. The predicted octanol–water partition coefficient (Wildman–Crippen LogP) is 2.49. The van der Waals surface area contributed by atoms with Crippen LogP contribution in [0.3, 0.4) is 0 Å². The van der Waals surface area contributed by atoms with Crippen LogP contribution in [-0.4, -0.2) is 21.0 Å². The third kappa shape index (κ3) is 2.85. The van der Waals surface area contributed by atoms with Gasteiger partial charge in [0.1, 0.15) is 5.56 Å². The number of pyridine rings is 2. The predicted molar refractivity (Wildman–Crippen MR) is 67.4 cm³/mol. The maximum atomic E-state index is 13.9. The summed E-state index contributed by atoms with van der Waals surface area (Å²) in [7, 11) is 0. The summed E-state index contributed by atoms with van der Waals surface area (Å²) in [5.41, 5.74) is 0.445. The van der Waals surface area contributed by atoms with Crippen molar-refractivity contribution in [2.45, 2.75) is 13.0 Å². The number of aromatic nitrogens is 2. The molecule has 2 aromatic rings. The number of nitrogens with zero attached hydrogens (tertiary/aromatic N) is 2. The second kappa shape index (κ2) is 5.43. The van der Waals surface area contributed by atoms with Crippen molar-refractivity contribution in [3.8, 4) is 0 Å². The number of anilines is 1. The van der Waals surface area contributed by atoms with Gasteiger partial charge in [-0.2, -0.15) is 0 Å². The number of hydrogen-bond donors (Lipinski definition) is 2. The highest BCUT2D eigenvalue weighted by molar-refractivity contribution is 5.88. The molecule has 0 saturated heterocycles. The highest BCUT2D eigenvalue weighted by Crippen LogP contribution is 2.21. The van der Waals surface area contributed by atoms with Gasteiger partial charge in [-0.05, 0) is 24.6 Å². The summed E-state index contributed by atoms with van der Waals surface area (Å²) in [6, 6.07) is 4.49. The van der Waals surface area contributed by atoms with Crippen LogP contribution in [0, 0.1) is 5.82 Å². The summed E-state index contributed by atoms with van der Waals surface area (Å²) < 4.78 is 13.9. The molecule has 0 saturated carbocycles. The van der Waals surface area contributed by atoms with E-state index in [1.807, 2.05) is 13.0 Å². The summed E-state index contributed by atoms with van der Waals surface area (Å²) in [4.78, 5) is 18.6. The number of carboxylic acid groups (broad SMARTS) is 1.